The molecule has 0 fully saturated rings. The molecule has 0 aliphatic heterocycles. The van der Waals surface area contributed by atoms with Gasteiger partial charge in [0.25, 0.3) is 0 Å². The van der Waals surface area contributed by atoms with Gasteiger partial charge in [-0.15, -0.1) is 0 Å². The Bertz CT molecular complexity index is 686. The number of fused-ring (bicyclic) bond motifs is 1. The number of aromatic hydroxyl groups is 1. The zero-order chi connectivity index (χ0) is 16.6. The molecular weight excluding hydrogens is 292 g/mol. The number of ether oxygens (including phenoxy) is 1. The van der Waals surface area contributed by atoms with E-state index in [0.717, 1.165) is 0 Å². The zero-order valence-electron chi connectivity index (χ0n) is 12.1. The molecule has 0 amide bonds. The number of ketones is 2. The summed E-state index contributed by atoms with van der Waals surface area (Å²) in [6, 6.07) is 1.23. The number of phenolic OH excluding ortho intramolecular Hbond substituents is 1. The Morgan fingerprint density at radius 3 is 2.27 bits per heavy atom. The molecule has 1 aromatic carbocycles. The van der Waals surface area contributed by atoms with Gasteiger partial charge in [-0.25, -0.2) is 0 Å². The maximum Gasteiger partial charge on any atom is 0.235 e. The van der Waals surface area contributed by atoms with E-state index in [4.69, 9.17) is 4.74 Å². The molecule has 1 aromatic rings. The average molecular weight is 308 g/mol. The van der Waals surface area contributed by atoms with E-state index in [0.29, 0.717) is 6.42 Å². The second-order valence-electron chi connectivity index (χ2n) is 5.07. The van der Waals surface area contributed by atoms with Crippen molar-refractivity contribution >= 4 is 11.6 Å². The van der Waals surface area contributed by atoms with Gasteiger partial charge in [-0.3, -0.25) is 9.59 Å². The lowest BCUT2D eigenvalue weighted by Crippen LogP contribution is -2.23. The van der Waals surface area contributed by atoms with Crippen LogP contribution < -0.4 is 4.74 Å². The molecule has 0 spiro atoms. The molecule has 1 atom stereocenters. The third-order valence-electron chi connectivity index (χ3n) is 3.52. The number of Topliss-reactive ketones (excluding diaryl/α,β-unsaturated/α-hetero) is 2. The summed E-state index contributed by atoms with van der Waals surface area (Å²) < 4.78 is 5.10. The normalized spacial score (nSPS) is 15.8. The Hall–Kier alpha value is -2.54. The van der Waals surface area contributed by atoms with Crippen LogP contribution in [0.25, 0.3) is 0 Å². The van der Waals surface area contributed by atoms with Crippen molar-refractivity contribution in [3.05, 3.63) is 34.3 Å². The Morgan fingerprint density at radius 1 is 1.14 bits per heavy atom. The lowest BCUT2D eigenvalue weighted by molar-refractivity contribution is 0.0877. The molecule has 7 nitrogen and oxygen atoms in total. The summed E-state index contributed by atoms with van der Waals surface area (Å²) in [7, 11) is 1.33. The van der Waals surface area contributed by atoms with E-state index in [-0.39, 0.29) is 28.9 Å². The summed E-state index contributed by atoms with van der Waals surface area (Å²) in [6.45, 7) is 1.57. The van der Waals surface area contributed by atoms with Gasteiger partial charge in [-0.2, -0.15) is 0 Å². The molecule has 0 heterocycles. The van der Waals surface area contributed by atoms with Gasteiger partial charge in [0.15, 0.2) is 0 Å². The van der Waals surface area contributed by atoms with E-state index >= 15 is 0 Å². The molecule has 0 aromatic heterocycles. The molecule has 2 rings (SSSR count). The van der Waals surface area contributed by atoms with E-state index in [1.165, 1.54) is 13.2 Å². The minimum absolute atomic E-state index is 0.159. The van der Waals surface area contributed by atoms with Gasteiger partial charge in [0.05, 0.1) is 18.8 Å². The van der Waals surface area contributed by atoms with Crippen LogP contribution in [0.1, 0.15) is 39.6 Å². The summed E-state index contributed by atoms with van der Waals surface area (Å²) in [5.41, 5.74) is -0.366. The highest BCUT2D eigenvalue weighted by Crippen LogP contribution is 2.39. The van der Waals surface area contributed by atoms with E-state index in [1.807, 2.05) is 0 Å². The Morgan fingerprint density at radius 2 is 1.73 bits per heavy atom. The number of hydrogen-bond donors (Lipinski definition) is 4. The maximum atomic E-state index is 12.0. The molecule has 7 heteroatoms. The number of hydrogen-bond acceptors (Lipinski definition) is 7. The first-order valence-electron chi connectivity index (χ1n) is 6.62. The van der Waals surface area contributed by atoms with Crippen molar-refractivity contribution in [1.82, 2.24) is 0 Å². The first-order valence-corrected chi connectivity index (χ1v) is 6.62. The van der Waals surface area contributed by atoms with E-state index in [2.05, 4.69) is 0 Å². The smallest absolute Gasteiger partial charge is 0.235 e. The minimum atomic E-state index is -1.10. The molecular formula is C15H16O7. The lowest BCUT2D eigenvalue weighted by Gasteiger charge is -2.20. The minimum Gasteiger partial charge on any atom is -0.507 e. The van der Waals surface area contributed by atoms with Crippen LogP contribution in [-0.4, -0.2) is 45.2 Å². The molecule has 0 saturated carbocycles. The third kappa shape index (κ3) is 2.39. The SMILES string of the molecule is COc1cc2c(c(O)c1CC[C@H](C)O)C(=O)C(O)=C(O)C2=O. The number of aliphatic hydroxyl groups excluding tert-OH is 3. The van der Waals surface area contributed by atoms with E-state index < -0.39 is 34.9 Å². The van der Waals surface area contributed by atoms with Gasteiger partial charge in [-0.1, -0.05) is 0 Å². The summed E-state index contributed by atoms with van der Waals surface area (Å²) in [5.74, 6) is -4.50. The number of phenols is 1. The Balaban J connectivity index is 2.65. The van der Waals surface area contributed by atoms with Crippen molar-refractivity contribution in [2.75, 3.05) is 7.11 Å². The predicted molar refractivity (Wildman–Crippen MR) is 75.6 cm³/mol. The van der Waals surface area contributed by atoms with Crippen LogP contribution in [0.5, 0.6) is 11.5 Å². The number of carbonyl (C=O) groups excluding carboxylic acids is 2. The molecule has 0 unspecified atom stereocenters. The second kappa shape index (κ2) is 5.69. The standard InChI is InChI=1S/C15H16O7/c1-6(16)3-4-7-9(22-2)5-8-10(11(7)17)13(19)15(21)14(20)12(8)18/h5-6,16-17,20-21H,3-4H2,1-2H3/t6-/m0/s1. The number of rotatable bonds is 4. The summed E-state index contributed by atoms with van der Waals surface area (Å²) in [4.78, 5) is 24.0. The van der Waals surface area contributed by atoms with Crippen LogP contribution in [0.4, 0.5) is 0 Å². The monoisotopic (exact) mass is 308 g/mol. The number of aliphatic hydroxyl groups is 3. The van der Waals surface area contributed by atoms with Crippen molar-refractivity contribution in [1.29, 1.82) is 0 Å². The lowest BCUT2D eigenvalue weighted by atomic mass is 9.88. The third-order valence-corrected chi connectivity index (χ3v) is 3.52. The average Bonchev–Trinajstić information content (AvgIpc) is 2.48. The fourth-order valence-electron chi connectivity index (χ4n) is 2.33. The first kappa shape index (κ1) is 15.8. The van der Waals surface area contributed by atoms with E-state index in [1.54, 1.807) is 6.92 Å². The van der Waals surface area contributed by atoms with Crippen LogP contribution in [0.2, 0.25) is 0 Å². The number of benzene rings is 1. The van der Waals surface area contributed by atoms with Crippen molar-refractivity contribution < 1.29 is 34.8 Å². The maximum absolute atomic E-state index is 12.0. The van der Waals surface area contributed by atoms with Crippen LogP contribution in [-0.2, 0) is 6.42 Å². The van der Waals surface area contributed by atoms with Gasteiger partial charge in [0.1, 0.15) is 11.5 Å². The molecule has 0 saturated heterocycles. The van der Waals surface area contributed by atoms with Crippen LogP contribution in [0.15, 0.2) is 17.6 Å². The zero-order valence-corrected chi connectivity index (χ0v) is 12.1. The largest absolute Gasteiger partial charge is 0.507 e. The van der Waals surface area contributed by atoms with Crippen molar-refractivity contribution in [2.45, 2.75) is 25.9 Å². The van der Waals surface area contributed by atoms with Crippen LogP contribution in [0, 0.1) is 0 Å². The van der Waals surface area contributed by atoms with Crippen molar-refractivity contribution in [2.24, 2.45) is 0 Å². The first-order chi connectivity index (χ1) is 10.3. The van der Waals surface area contributed by atoms with Gasteiger partial charge in [0, 0.05) is 11.1 Å². The van der Waals surface area contributed by atoms with Crippen molar-refractivity contribution in [3.8, 4) is 11.5 Å². The highest BCUT2D eigenvalue weighted by Gasteiger charge is 2.36. The van der Waals surface area contributed by atoms with Gasteiger partial charge < -0.3 is 25.2 Å². The van der Waals surface area contributed by atoms with Gasteiger partial charge in [-0.05, 0) is 25.8 Å². The quantitative estimate of drug-likeness (QED) is 0.663. The molecule has 118 valence electrons. The molecule has 0 bridgehead atoms. The number of methoxy groups -OCH3 is 1. The Kier molecular flexibility index (Phi) is 4.09. The molecule has 4 N–H and O–H groups in total. The fraction of sp³-hybridized carbons (Fsp3) is 0.333. The van der Waals surface area contributed by atoms with Crippen LogP contribution >= 0.6 is 0 Å². The second-order valence-corrected chi connectivity index (χ2v) is 5.07. The highest BCUT2D eigenvalue weighted by atomic mass is 16.5. The summed E-state index contributed by atoms with van der Waals surface area (Å²) >= 11 is 0. The molecule has 1 aliphatic rings. The van der Waals surface area contributed by atoms with Crippen molar-refractivity contribution in [3.63, 3.8) is 0 Å². The molecule has 1 aliphatic carbocycles. The highest BCUT2D eigenvalue weighted by molar-refractivity contribution is 6.26. The number of allylic oxidation sites excluding steroid dienone is 2. The number of carbonyl (C=O) groups is 2. The fourth-order valence-corrected chi connectivity index (χ4v) is 2.33. The Labute approximate surface area is 126 Å². The molecule has 0 radical (unpaired) electrons. The van der Waals surface area contributed by atoms with E-state index in [9.17, 15) is 30.0 Å². The topological polar surface area (TPSA) is 124 Å². The van der Waals surface area contributed by atoms with Crippen LogP contribution in [0.3, 0.4) is 0 Å². The molecule has 22 heavy (non-hydrogen) atoms. The van der Waals surface area contributed by atoms with Gasteiger partial charge >= 0.3 is 0 Å². The summed E-state index contributed by atoms with van der Waals surface area (Å²) in [6.07, 6.45) is -0.120. The predicted octanol–water partition coefficient (Wildman–Crippen LogP) is 1.42. The summed E-state index contributed by atoms with van der Waals surface area (Å²) in [5, 5.41) is 38.6. The van der Waals surface area contributed by atoms with Gasteiger partial charge in [0.2, 0.25) is 23.1 Å².